The molecule has 1 aromatic rings. The molecule has 1 atom stereocenters. The van der Waals surface area contributed by atoms with E-state index in [0.717, 1.165) is 38.9 Å². The average Bonchev–Trinajstić information content (AvgIpc) is 2.62. The SMILES string of the molecule is CCCNC(=O)C1CCN(C(C)C(=O)Nc2ccc(Cl)c(Cl)c2)CC1. The summed E-state index contributed by atoms with van der Waals surface area (Å²) in [4.78, 5) is 26.6. The van der Waals surface area contributed by atoms with E-state index in [2.05, 4.69) is 15.5 Å². The van der Waals surface area contributed by atoms with Gasteiger partial charge in [-0.05, 0) is 57.5 Å². The second-order valence-electron chi connectivity index (χ2n) is 6.40. The molecule has 0 aliphatic carbocycles. The fraction of sp³-hybridized carbons (Fsp3) is 0.556. The molecule has 1 fully saturated rings. The Kier molecular flexibility index (Phi) is 7.54. The Hall–Kier alpha value is -1.30. The monoisotopic (exact) mass is 385 g/mol. The summed E-state index contributed by atoms with van der Waals surface area (Å²) in [5.74, 6) is 0.0924. The Balaban J connectivity index is 1.84. The number of carbonyl (C=O) groups excluding carboxylic acids is 2. The van der Waals surface area contributed by atoms with Gasteiger partial charge >= 0.3 is 0 Å². The van der Waals surface area contributed by atoms with Gasteiger partial charge < -0.3 is 10.6 Å². The number of nitrogens with zero attached hydrogens (tertiary/aromatic N) is 1. The van der Waals surface area contributed by atoms with Crippen molar-refractivity contribution in [3.05, 3.63) is 28.2 Å². The summed E-state index contributed by atoms with van der Waals surface area (Å²) >= 11 is 11.9. The predicted molar refractivity (Wildman–Crippen MR) is 102 cm³/mol. The molecule has 1 aromatic carbocycles. The maximum atomic E-state index is 12.5. The molecule has 138 valence electrons. The number of rotatable bonds is 6. The number of hydrogen-bond donors (Lipinski definition) is 2. The van der Waals surface area contributed by atoms with Gasteiger partial charge in [-0.15, -0.1) is 0 Å². The van der Waals surface area contributed by atoms with E-state index in [1.807, 2.05) is 13.8 Å². The summed E-state index contributed by atoms with van der Waals surface area (Å²) in [6.07, 6.45) is 2.50. The average molecular weight is 386 g/mol. The highest BCUT2D eigenvalue weighted by atomic mass is 35.5. The quantitative estimate of drug-likeness (QED) is 0.786. The first kappa shape index (κ1) is 20.0. The van der Waals surface area contributed by atoms with Gasteiger partial charge in [-0.25, -0.2) is 0 Å². The van der Waals surface area contributed by atoms with Gasteiger partial charge in [0.1, 0.15) is 0 Å². The van der Waals surface area contributed by atoms with Crippen molar-refractivity contribution in [2.75, 3.05) is 25.0 Å². The Morgan fingerprint density at radius 2 is 1.92 bits per heavy atom. The number of piperidine rings is 1. The molecule has 0 bridgehead atoms. The largest absolute Gasteiger partial charge is 0.356 e. The molecule has 0 spiro atoms. The number of carbonyl (C=O) groups is 2. The van der Waals surface area contributed by atoms with Gasteiger partial charge in [0.05, 0.1) is 16.1 Å². The summed E-state index contributed by atoms with van der Waals surface area (Å²) in [5.41, 5.74) is 0.625. The van der Waals surface area contributed by atoms with Crippen molar-refractivity contribution in [3.8, 4) is 0 Å². The number of benzene rings is 1. The van der Waals surface area contributed by atoms with Crippen LogP contribution in [0.4, 0.5) is 5.69 Å². The van der Waals surface area contributed by atoms with Crippen molar-refractivity contribution in [2.24, 2.45) is 5.92 Å². The number of likely N-dealkylation sites (tertiary alicyclic amines) is 1. The van der Waals surface area contributed by atoms with E-state index >= 15 is 0 Å². The van der Waals surface area contributed by atoms with Crippen LogP contribution in [0.15, 0.2) is 18.2 Å². The van der Waals surface area contributed by atoms with Crippen LogP contribution in [-0.4, -0.2) is 42.4 Å². The second kappa shape index (κ2) is 9.41. The molecule has 25 heavy (non-hydrogen) atoms. The Labute approximate surface area is 159 Å². The molecule has 2 rings (SSSR count). The first-order chi connectivity index (χ1) is 11.9. The van der Waals surface area contributed by atoms with Gasteiger partial charge in [0.2, 0.25) is 11.8 Å². The fourth-order valence-corrected chi connectivity index (χ4v) is 3.23. The minimum Gasteiger partial charge on any atom is -0.356 e. The highest BCUT2D eigenvalue weighted by molar-refractivity contribution is 6.42. The van der Waals surface area contributed by atoms with E-state index in [9.17, 15) is 9.59 Å². The normalized spacial score (nSPS) is 17.1. The minimum absolute atomic E-state index is 0.0492. The van der Waals surface area contributed by atoms with E-state index in [0.29, 0.717) is 15.7 Å². The van der Waals surface area contributed by atoms with Gasteiger partial charge in [0, 0.05) is 18.2 Å². The lowest BCUT2D eigenvalue weighted by molar-refractivity contribution is -0.127. The van der Waals surface area contributed by atoms with Crippen LogP contribution in [0.3, 0.4) is 0 Å². The van der Waals surface area contributed by atoms with Gasteiger partial charge in [0.15, 0.2) is 0 Å². The molecule has 1 unspecified atom stereocenters. The van der Waals surface area contributed by atoms with E-state index in [4.69, 9.17) is 23.2 Å². The molecule has 1 aliphatic rings. The molecule has 1 heterocycles. The van der Waals surface area contributed by atoms with Crippen LogP contribution >= 0.6 is 23.2 Å². The van der Waals surface area contributed by atoms with Gasteiger partial charge in [-0.3, -0.25) is 14.5 Å². The number of nitrogens with one attached hydrogen (secondary N) is 2. The third-order valence-electron chi connectivity index (χ3n) is 4.56. The summed E-state index contributed by atoms with van der Waals surface area (Å²) in [6, 6.07) is 4.75. The van der Waals surface area contributed by atoms with Crippen LogP contribution in [0.5, 0.6) is 0 Å². The molecule has 0 saturated carbocycles. The topological polar surface area (TPSA) is 61.4 Å². The standard InChI is InChI=1S/C18H25Cl2N3O2/c1-3-8-21-18(25)13-6-9-23(10-7-13)12(2)17(24)22-14-4-5-15(19)16(20)11-14/h4-5,11-13H,3,6-10H2,1-2H3,(H,21,25)(H,22,24). The molecule has 5 nitrogen and oxygen atoms in total. The van der Waals surface area contributed by atoms with Crippen LogP contribution in [0.25, 0.3) is 0 Å². The maximum Gasteiger partial charge on any atom is 0.241 e. The fourth-order valence-electron chi connectivity index (χ4n) is 2.93. The maximum absolute atomic E-state index is 12.5. The molecule has 1 aliphatic heterocycles. The lowest BCUT2D eigenvalue weighted by Crippen LogP contribution is -2.48. The van der Waals surface area contributed by atoms with Crippen molar-refractivity contribution in [3.63, 3.8) is 0 Å². The number of halogens is 2. The smallest absolute Gasteiger partial charge is 0.241 e. The molecular formula is C18H25Cl2N3O2. The van der Waals surface area contributed by atoms with Gasteiger partial charge in [-0.1, -0.05) is 30.1 Å². The second-order valence-corrected chi connectivity index (χ2v) is 7.21. The summed E-state index contributed by atoms with van der Waals surface area (Å²) < 4.78 is 0. The van der Waals surface area contributed by atoms with E-state index in [1.54, 1.807) is 18.2 Å². The highest BCUT2D eigenvalue weighted by Crippen LogP contribution is 2.25. The lowest BCUT2D eigenvalue weighted by Gasteiger charge is -2.34. The molecule has 1 saturated heterocycles. The molecule has 0 aromatic heterocycles. The third kappa shape index (κ3) is 5.59. The zero-order valence-electron chi connectivity index (χ0n) is 14.6. The number of anilines is 1. The molecule has 2 amide bonds. The molecule has 7 heteroatoms. The predicted octanol–water partition coefficient (Wildman–Crippen LogP) is 3.56. The van der Waals surface area contributed by atoms with E-state index in [1.165, 1.54) is 0 Å². The van der Waals surface area contributed by atoms with Crippen LogP contribution in [0.2, 0.25) is 10.0 Å². The Morgan fingerprint density at radius 1 is 1.24 bits per heavy atom. The van der Waals surface area contributed by atoms with Crippen molar-refractivity contribution in [2.45, 2.75) is 39.2 Å². The van der Waals surface area contributed by atoms with Crippen molar-refractivity contribution < 1.29 is 9.59 Å². The van der Waals surface area contributed by atoms with Crippen molar-refractivity contribution in [1.29, 1.82) is 0 Å². The van der Waals surface area contributed by atoms with Crippen LogP contribution in [0.1, 0.15) is 33.1 Å². The highest BCUT2D eigenvalue weighted by Gasteiger charge is 2.29. The van der Waals surface area contributed by atoms with Gasteiger partial charge in [-0.2, -0.15) is 0 Å². The first-order valence-corrected chi connectivity index (χ1v) is 9.45. The minimum atomic E-state index is -0.269. The molecule has 0 radical (unpaired) electrons. The van der Waals surface area contributed by atoms with Crippen LogP contribution < -0.4 is 10.6 Å². The third-order valence-corrected chi connectivity index (χ3v) is 5.30. The van der Waals surface area contributed by atoms with E-state index in [-0.39, 0.29) is 23.8 Å². The number of amides is 2. The van der Waals surface area contributed by atoms with Crippen LogP contribution in [-0.2, 0) is 9.59 Å². The Morgan fingerprint density at radius 3 is 2.52 bits per heavy atom. The van der Waals surface area contributed by atoms with Crippen LogP contribution in [0, 0.1) is 5.92 Å². The lowest BCUT2D eigenvalue weighted by atomic mass is 9.95. The zero-order valence-corrected chi connectivity index (χ0v) is 16.2. The summed E-state index contributed by atoms with van der Waals surface area (Å²) in [5, 5.41) is 6.68. The van der Waals surface area contributed by atoms with Gasteiger partial charge in [0.25, 0.3) is 0 Å². The summed E-state index contributed by atoms with van der Waals surface area (Å²) in [6.45, 7) is 6.11. The zero-order chi connectivity index (χ0) is 18.4. The number of hydrogen-bond acceptors (Lipinski definition) is 3. The summed E-state index contributed by atoms with van der Waals surface area (Å²) in [7, 11) is 0. The molecule has 2 N–H and O–H groups in total. The van der Waals surface area contributed by atoms with E-state index < -0.39 is 0 Å². The van der Waals surface area contributed by atoms with Crippen molar-refractivity contribution >= 4 is 40.7 Å². The van der Waals surface area contributed by atoms with Crippen molar-refractivity contribution in [1.82, 2.24) is 10.2 Å². The first-order valence-electron chi connectivity index (χ1n) is 8.70. The molecular weight excluding hydrogens is 361 g/mol. The Bertz CT molecular complexity index is 616.